The summed E-state index contributed by atoms with van der Waals surface area (Å²) in [5.41, 5.74) is -1.89. The van der Waals surface area contributed by atoms with Gasteiger partial charge in [0.1, 0.15) is 41.9 Å². The molecular weight excluding hydrogens is 436 g/mol. The van der Waals surface area contributed by atoms with E-state index >= 15 is 0 Å². The van der Waals surface area contributed by atoms with Gasteiger partial charge in [0.15, 0.2) is 17.8 Å². The maximum absolute atomic E-state index is 10.3. The number of phenolic OH excluding ortho intramolecular Hbond substituents is 1. The summed E-state index contributed by atoms with van der Waals surface area (Å²) in [6.45, 7) is -1.55. The number of benzene rings is 1. The second-order valence-electron chi connectivity index (χ2n) is 7.53. The van der Waals surface area contributed by atoms with E-state index in [-0.39, 0.29) is 29.6 Å². The number of methoxy groups -OCH3 is 2. The lowest BCUT2D eigenvalue weighted by Crippen LogP contribution is -2.60. The molecule has 8 unspecified atom stereocenters. The highest BCUT2D eigenvalue weighted by Crippen LogP contribution is 2.40. The lowest BCUT2D eigenvalue weighted by molar-refractivity contribution is -0.289. The van der Waals surface area contributed by atoms with Crippen LogP contribution in [0.1, 0.15) is 0 Å². The number of phenols is 1. The molecule has 0 bridgehead atoms. The van der Waals surface area contributed by atoms with Crippen LogP contribution in [-0.2, 0) is 14.2 Å². The molecule has 2 aliphatic rings. The van der Waals surface area contributed by atoms with Crippen molar-refractivity contribution in [2.75, 3.05) is 34.0 Å². The fourth-order valence-corrected chi connectivity index (χ4v) is 3.35. The van der Waals surface area contributed by atoms with E-state index in [1.807, 2.05) is 0 Å². The van der Waals surface area contributed by atoms with Gasteiger partial charge >= 0.3 is 0 Å². The van der Waals surface area contributed by atoms with Crippen LogP contribution in [0, 0.1) is 0 Å². The summed E-state index contributed by atoms with van der Waals surface area (Å²) >= 11 is 0. The Labute approximate surface area is 182 Å². The van der Waals surface area contributed by atoms with Crippen LogP contribution in [0.15, 0.2) is 12.1 Å². The second-order valence-corrected chi connectivity index (χ2v) is 7.53. The highest BCUT2D eigenvalue weighted by Gasteiger charge is 2.50. The summed E-state index contributed by atoms with van der Waals surface area (Å²) in [6.07, 6.45) is -10.5. The number of hydrogen-bond donors (Lipinski definition) is 7. The SMILES string of the molecule is COc1cc(OC2OC(COC3OCC(O)(CO)C3O)C(O)C(O)C2O)cc(OC)c1O. The van der Waals surface area contributed by atoms with Crippen molar-refractivity contribution in [2.45, 2.75) is 48.7 Å². The van der Waals surface area contributed by atoms with Gasteiger partial charge in [0.25, 0.3) is 0 Å². The Hall–Kier alpha value is -1.94. The van der Waals surface area contributed by atoms with Crippen LogP contribution >= 0.6 is 0 Å². The minimum atomic E-state index is -1.89. The number of aliphatic hydroxyl groups excluding tert-OH is 5. The van der Waals surface area contributed by atoms with Gasteiger partial charge in [0, 0.05) is 12.1 Å². The first kappa shape index (κ1) is 24.7. The highest BCUT2D eigenvalue weighted by molar-refractivity contribution is 5.54. The molecule has 2 heterocycles. The van der Waals surface area contributed by atoms with Crippen molar-refractivity contribution in [3.8, 4) is 23.0 Å². The predicted octanol–water partition coefficient (Wildman–Crippen LogP) is -2.95. The molecule has 13 nitrogen and oxygen atoms in total. The molecule has 0 radical (unpaired) electrons. The van der Waals surface area contributed by atoms with E-state index in [2.05, 4.69) is 0 Å². The third-order valence-corrected chi connectivity index (χ3v) is 5.38. The smallest absolute Gasteiger partial charge is 0.229 e. The van der Waals surface area contributed by atoms with Crippen LogP contribution in [0.4, 0.5) is 0 Å². The molecule has 0 spiro atoms. The van der Waals surface area contributed by atoms with Gasteiger partial charge < -0.3 is 64.2 Å². The molecule has 3 rings (SSSR count). The first-order valence-electron chi connectivity index (χ1n) is 9.71. The first-order chi connectivity index (χ1) is 15.1. The molecule has 0 saturated carbocycles. The Morgan fingerprint density at radius 3 is 2.16 bits per heavy atom. The number of aliphatic hydroxyl groups is 6. The van der Waals surface area contributed by atoms with E-state index in [0.29, 0.717) is 0 Å². The van der Waals surface area contributed by atoms with Gasteiger partial charge in [-0.3, -0.25) is 0 Å². The molecule has 0 amide bonds. The quantitative estimate of drug-likeness (QED) is 0.206. The van der Waals surface area contributed by atoms with E-state index in [9.17, 15) is 35.7 Å². The lowest BCUT2D eigenvalue weighted by atomic mass is 9.99. The van der Waals surface area contributed by atoms with Crippen molar-refractivity contribution in [1.29, 1.82) is 0 Å². The lowest BCUT2D eigenvalue weighted by Gasteiger charge is -2.40. The van der Waals surface area contributed by atoms with Crippen molar-refractivity contribution in [3.05, 3.63) is 12.1 Å². The summed E-state index contributed by atoms with van der Waals surface area (Å²) in [6, 6.07) is 2.60. The zero-order chi connectivity index (χ0) is 23.6. The van der Waals surface area contributed by atoms with Crippen LogP contribution in [0.25, 0.3) is 0 Å². The minimum absolute atomic E-state index is 0.0221. The normalized spacial score (nSPS) is 37.3. The standard InChI is InChI=1S/C19H28O13/c1-27-9-3-8(4-10(28-2)12(9)21)31-17-15(24)14(23)13(22)11(32-17)5-29-18-16(25)19(26,6-20)7-30-18/h3-4,11,13-18,20-26H,5-7H2,1-2H3. The topological polar surface area (TPSA) is 197 Å². The van der Waals surface area contributed by atoms with E-state index in [1.165, 1.54) is 26.4 Å². The van der Waals surface area contributed by atoms with Crippen LogP contribution in [0.3, 0.4) is 0 Å². The van der Waals surface area contributed by atoms with Gasteiger partial charge in [0.2, 0.25) is 12.0 Å². The van der Waals surface area contributed by atoms with E-state index in [4.69, 9.17) is 28.4 Å². The molecule has 8 atom stereocenters. The summed E-state index contributed by atoms with van der Waals surface area (Å²) in [7, 11) is 2.63. The fourth-order valence-electron chi connectivity index (χ4n) is 3.35. The van der Waals surface area contributed by atoms with Crippen molar-refractivity contribution in [1.82, 2.24) is 0 Å². The van der Waals surface area contributed by atoms with Gasteiger partial charge in [-0.2, -0.15) is 0 Å². The van der Waals surface area contributed by atoms with Crippen LogP contribution in [0.2, 0.25) is 0 Å². The molecule has 7 N–H and O–H groups in total. The van der Waals surface area contributed by atoms with Crippen molar-refractivity contribution in [2.24, 2.45) is 0 Å². The number of aromatic hydroxyl groups is 1. The van der Waals surface area contributed by atoms with Crippen LogP contribution in [0.5, 0.6) is 23.0 Å². The third kappa shape index (κ3) is 4.71. The van der Waals surface area contributed by atoms with Gasteiger partial charge in [0.05, 0.1) is 34.0 Å². The van der Waals surface area contributed by atoms with Crippen LogP contribution in [-0.4, -0.2) is 118 Å². The molecule has 1 aromatic rings. The van der Waals surface area contributed by atoms with Gasteiger partial charge in [-0.25, -0.2) is 0 Å². The molecule has 182 valence electrons. The van der Waals surface area contributed by atoms with Gasteiger partial charge in [-0.15, -0.1) is 0 Å². The van der Waals surface area contributed by atoms with E-state index in [1.54, 1.807) is 0 Å². The molecule has 32 heavy (non-hydrogen) atoms. The number of rotatable bonds is 8. The van der Waals surface area contributed by atoms with Gasteiger partial charge in [-0.1, -0.05) is 0 Å². The Morgan fingerprint density at radius 1 is 1.00 bits per heavy atom. The summed E-state index contributed by atoms with van der Waals surface area (Å²) in [4.78, 5) is 0. The Morgan fingerprint density at radius 2 is 1.62 bits per heavy atom. The van der Waals surface area contributed by atoms with Gasteiger partial charge in [-0.05, 0) is 0 Å². The monoisotopic (exact) mass is 464 g/mol. The van der Waals surface area contributed by atoms with Crippen LogP contribution < -0.4 is 14.2 Å². The predicted molar refractivity (Wildman–Crippen MR) is 102 cm³/mol. The largest absolute Gasteiger partial charge is 0.502 e. The third-order valence-electron chi connectivity index (χ3n) is 5.38. The van der Waals surface area contributed by atoms with Crippen molar-refractivity contribution < 1.29 is 64.2 Å². The average molecular weight is 464 g/mol. The molecule has 2 saturated heterocycles. The molecule has 13 heteroatoms. The molecule has 2 aliphatic heterocycles. The molecule has 1 aromatic carbocycles. The maximum atomic E-state index is 10.3. The zero-order valence-corrected chi connectivity index (χ0v) is 17.4. The van der Waals surface area contributed by atoms with E-state index in [0.717, 1.165) is 0 Å². The molecule has 2 fully saturated rings. The zero-order valence-electron chi connectivity index (χ0n) is 17.4. The van der Waals surface area contributed by atoms with Crippen molar-refractivity contribution in [3.63, 3.8) is 0 Å². The van der Waals surface area contributed by atoms with E-state index < -0.39 is 61.9 Å². The maximum Gasteiger partial charge on any atom is 0.229 e. The average Bonchev–Trinajstić information content (AvgIpc) is 3.08. The Balaban J connectivity index is 1.69. The Kier molecular flexibility index (Phi) is 7.65. The Bertz CT molecular complexity index is 751. The second kappa shape index (κ2) is 9.91. The molecule has 0 aromatic heterocycles. The summed E-state index contributed by atoms with van der Waals surface area (Å²) in [5, 5.41) is 70.0. The number of ether oxygens (including phenoxy) is 6. The summed E-state index contributed by atoms with van der Waals surface area (Å²) < 4.78 is 31.6. The molecular formula is C19H28O13. The summed E-state index contributed by atoms with van der Waals surface area (Å²) in [5.74, 6) is -0.166. The first-order valence-corrected chi connectivity index (χ1v) is 9.71. The fraction of sp³-hybridized carbons (Fsp3) is 0.684. The minimum Gasteiger partial charge on any atom is -0.502 e. The number of hydrogen-bond acceptors (Lipinski definition) is 13. The van der Waals surface area contributed by atoms with Crippen molar-refractivity contribution >= 4 is 0 Å². The molecule has 0 aliphatic carbocycles. The highest BCUT2D eigenvalue weighted by atomic mass is 16.7.